The smallest absolute Gasteiger partial charge is 0.264 e. The third kappa shape index (κ3) is 10.2. The maximum atomic E-state index is 10.0. The Labute approximate surface area is 77.8 Å². The average molecular weight is 217 g/mol. The van der Waals surface area contributed by atoms with Crippen molar-refractivity contribution in [2.45, 2.75) is 25.7 Å². The molecule has 0 fully saturated rings. The maximum absolute atomic E-state index is 10.0. The van der Waals surface area contributed by atoms with Crippen LogP contribution in [0, 0.1) is 0 Å². The first-order chi connectivity index (χ1) is 5.56. The zero-order valence-corrected chi connectivity index (χ0v) is 8.27. The van der Waals surface area contributed by atoms with Crippen molar-refractivity contribution >= 4 is 22.0 Å². The molecule has 0 unspecified atom stereocenters. The summed E-state index contributed by atoms with van der Waals surface area (Å²) in [6, 6.07) is 0. The molecule has 0 atom stereocenters. The fourth-order valence-corrected chi connectivity index (χ4v) is 1.23. The van der Waals surface area contributed by atoms with Crippen LogP contribution in [0.3, 0.4) is 0 Å². The molecule has 0 aromatic heterocycles. The first-order valence-electron chi connectivity index (χ1n) is 3.74. The second-order valence-corrected chi connectivity index (χ2v) is 3.82. The van der Waals surface area contributed by atoms with E-state index >= 15 is 0 Å². The highest BCUT2D eigenvalue weighted by atomic mass is 35.5. The molecule has 0 aliphatic carbocycles. The van der Waals surface area contributed by atoms with Gasteiger partial charge in [-0.2, -0.15) is 8.42 Å². The van der Waals surface area contributed by atoms with Gasteiger partial charge in [-0.15, -0.1) is 11.6 Å². The van der Waals surface area contributed by atoms with Crippen molar-refractivity contribution in [3.63, 3.8) is 0 Å². The zero-order valence-electron chi connectivity index (χ0n) is 6.70. The first kappa shape index (κ1) is 12.2. The van der Waals surface area contributed by atoms with E-state index in [2.05, 4.69) is 4.18 Å². The van der Waals surface area contributed by atoms with E-state index in [0.717, 1.165) is 19.3 Å². The van der Waals surface area contributed by atoms with Crippen molar-refractivity contribution in [1.29, 1.82) is 0 Å². The molecule has 4 nitrogen and oxygen atoms in total. The van der Waals surface area contributed by atoms with Gasteiger partial charge in [-0.1, -0.05) is 12.8 Å². The lowest BCUT2D eigenvalue weighted by molar-refractivity contribution is 0.262. The van der Waals surface area contributed by atoms with Gasteiger partial charge in [-0.05, 0) is 12.8 Å². The second kappa shape index (κ2) is 6.65. The number of halogens is 1. The molecule has 74 valence electrons. The summed E-state index contributed by atoms with van der Waals surface area (Å²) in [4.78, 5) is 0. The zero-order chi connectivity index (χ0) is 9.45. The van der Waals surface area contributed by atoms with Gasteiger partial charge in [0.05, 0.1) is 6.61 Å². The summed E-state index contributed by atoms with van der Waals surface area (Å²) in [6.45, 7) is 0.0428. The van der Waals surface area contributed by atoms with E-state index in [-0.39, 0.29) is 6.61 Å². The van der Waals surface area contributed by atoms with Crippen LogP contribution in [0.2, 0.25) is 0 Å². The van der Waals surface area contributed by atoms with Crippen molar-refractivity contribution in [2.24, 2.45) is 0 Å². The number of hydrogen-bond acceptors (Lipinski definition) is 3. The van der Waals surface area contributed by atoms with E-state index in [0.29, 0.717) is 12.3 Å². The number of unbranched alkanes of at least 4 members (excludes halogenated alkanes) is 3. The molecular weight excluding hydrogens is 204 g/mol. The third-order valence-corrected chi connectivity index (χ3v) is 1.99. The molecule has 0 aliphatic heterocycles. The van der Waals surface area contributed by atoms with Gasteiger partial charge in [-0.25, -0.2) is 4.18 Å². The van der Waals surface area contributed by atoms with Crippen LogP contribution in [0.4, 0.5) is 0 Å². The van der Waals surface area contributed by atoms with Crippen molar-refractivity contribution in [3.05, 3.63) is 0 Å². The Morgan fingerprint density at radius 3 is 2.25 bits per heavy atom. The lowest BCUT2D eigenvalue weighted by Gasteiger charge is -1.98. The SMILES string of the molecule is O=S(=O)(O)OCCCCCCCl. The van der Waals surface area contributed by atoms with Crippen LogP contribution in [0.15, 0.2) is 0 Å². The summed E-state index contributed by atoms with van der Waals surface area (Å²) in [6.07, 6.45) is 3.37. The molecule has 0 radical (unpaired) electrons. The van der Waals surface area contributed by atoms with E-state index in [9.17, 15) is 8.42 Å². The molecule has 0 amide bonds. The van der Waals surface area contributed by atoms with Crippen molar-refractivity contribution in [2.75, 3.05) is 12.5 Å². The summed E-state index contributed by atoms with van der Waals surface area (Å²) in [5.74, 6) is 0.624. The summed E-state index contributed by atoms with van der Waals surface area (Å²) in [5, 5.41) is 0. The number of alkyl halides is 1. The first-order valence-corrected chi connectivity index (χ1v) is 5.64. The summed E-state index contributed by atoms with van der Waals surface area (Å²) in [7, 11) is -4.24. The monoisotopic (exact) mass is 216 g/mol. The van der Waals surface area contributed by atoms with Crippen LogP contribution in [-0.4, -0.2) is 25.5 Å². The quantitative estimate of drug-likeness (QED) is 0.399. The third-order valence-electron chi connectivity index (χ3n) is 1.26. The summed E-state index contributed by atoms with van der Waals surface area (Å²) >= 11 is 5.42. The summed E-state index contributed by atoms with van der Waals surface area (Å²) in [5.41, 5.74) is 0. The van der Waals surface area contributed by atoms with Crippen molar-refractivity contribution < 1.29 is 17.2 Å². The topological polar surface area (TPSA) is 63.6 Å². The molecule has 0 aromatic rings. The van der Waals surface area contributed by atoms with Crippen LogP contribution < -0.4 is 0 Å². The van der Waals surface area contributed by atoms with Crippen LogP contribution >= 0.6 is 11.6 Å². The maximum Gasteiger partial charge on any atom is 0.397 e. The van der Waals surface area contributed by atoms with Gasteiger partial charge in [-0.3, -0.25) is 4.55 Å². The lowest BCUT2D eigenvalue weighted by atomic mass is 10.2. The average Bonchev–Trinajstić information content (AvgIpc) is 1.94. The minimum absolute atomic E-state index is 0.0428. The fraction of sp³-hybridized carbons (Fsp3) is 1.00. The van der Waals surface area contributed by atoms with Gasteiger partial charge in [0.15, 0.2) is 0 Å². The van der Waals surface area contributed by atoms with Gasteiger partial charge >= 0.3 is 10.4 Å². The Kier molecular flexibility index (Phi) is 6.74. The molecule has 0 saturated heterocycles. The van der Waals surface area contributed by atoms with Crippen LogP contribution in [0.5, 0.6) is 0 Å². The lowest BCUT2D eigenvalue weighted by Crippen LogP contribution is -2.04. The second-order valence-electron chi connectivity index (χ2n) is 2.35. The van der Waals surface area contributed by atoms with Crippen molar-refractivity contribution in [3.8, 4) is 0 Å². The molecule has 0 aliphatic rings. The minimum Gasteiger partial charge on any atom is -0.264 e. The van der Waals surface area contributed by atoms with E-state index < -0.39 is 10.4 Å². The van der Waals surface area contributed by atoms with Gasteiger partial charge in [0.1, 0.15) is 0 Å². The standard InChI is InChI=1S/C6H13ClO4S/c7-5-3-1-2-4-6-11-12(8,9)10/h1-6H2,(H,8,9,10). The fourth-order valence-electron chi connectivity index (χ4n) is 0.714. The molecule has 12 heavy (non-hydrogen) atoms. The van der Waals surface area contributed by atoms with Gasteiger partial charge in [0.25, 0.3) is 0 Å². The Morgan fingerprint density at radius 1 is 1.17 bits per heavy atom. The number of rotatable bonds is 7. The molecule has 0 aromatic carbocycles. The van der Waals surface area contributed by atoms with E-state index in [1.54, 1.807) is 0 Å². The largest absolute Gasteiger partial charge is 0.397 e. The Bertz CT molecular complexity index is 190. The van der Waals surface area contributed by atoms with Crippen LogP contribution in [-0.2, 0) is 14.6 Å². The molecule has 6 heteroatoms. The highest BCUT2D eigenvalue weighted by Gasteiger charge is 2.02. The Hall–Kier alpha value is 0.160. The van der Waals surface area contributed by atoms with Crippen LogP contribution in [0.25, 0.3) is 0 Å². The highest BCUT2D eigenvalue weighted by Crippen LogP contribution is 2.01. The normalized spacial score (nSPS) is 11.8. The minimum atomic E-state index is -4.24. The Balaban J connectivity index is 3.12. The molecule has 0 spiro atoms. The van der Waals surface area contributed by atoms with Gasteiger partial charge in [0.2, 0.25) is 0 Å². The molecule has 0 saturated carbocycles. The van der Waals surface area contributed by atoms with Crippen molar-refractivity contribution in [1.82, 2.24) is 0 Å². The highest BCUT2D eigenvalue weighted by molar-refractivity contribution is 7.80. The van der Waals surface area contributed by atoms with E-state index in [1.807, 2.05) is 0 Å². The molecule has 0 heterocycles. The molecule has 0 rings (SSSR count). The predicted octanol–water partition coefficient (Wildman–Crippen LogP) is 1.60. The van der Waals surface area contributed by atoms with E-state index in [4.69, 9.17) is 16.2 Å². The Morgan fingerprint density at radius 2 is 1.75 bits per heavy atom. The number of hydrogen-bond donors (Lipinski definition) is 1. The molecule has 1 N–H and O–H groups in total. The van der Waals surface area contributed by atoms with Gasteiger partial charge in [0, 0.05) is 5.88 Å². The van der Waals surface area contributed by atoms with Gasteiger partial charge < -0.3 is 0 Å². The van der Waals surface area contributed by atoms with Crippen LogP contribution in [0.1, 0.15) is 25.7 Å². The summed E-state index contributed by atoms with van der Waals surface area (Å²) < 4.78 is 32.3. The predicted molar refractivity (Wildman–Crippen MR) is 46.7 cm³/mol. The molecule has 0 bridgehead atoms. The van der Waals surface area contributed by atoms with E-state index in [1.165, 1.54) is 0 Å². The molecular formula is C6H13ClO4S.